The van der Waals surface area contributed by atoms with Gasteiger partial charge in [0.2, 0.25) is 0 Å². The van der Waals surface area contributed by atoms with Gasteiger partial charge in [0.15, 0.2) is 0 Å². The summed E-state index contributed by atoms with van der Waals surface area (Å²) in [5.74, 6) is 0. The zero-order valence-electron chi connectivity index (χ0n) is 10.4. The molecule has 0 amide bonds. The molecule has 1 aromatic carbocycles. The average Bonchev–Trinajstić information content (AvgIpc) is 2.31. The summed E-state index contributed by atoms with van der Waals surface area (Å²) in [6.45, 7) is 2.63. The van der Waals surface area contributed by atoms with E-state index in [9.17, 15) is 0 Å². The van der Waals surface area contributed by atoms with Crippen LogP contribution in [0.4, 0.5) is 0 Å². The van der Waals surface area contributed by atoms with E-state index in [1.165, 1.54) is 50.8 Å². The third-order valence-corrected chi connectivity index (χ3v) is 4.10. The number of benzene rings is 1. The minimum absolute atomic E-state index is 0.748. The molecule has 1 heterocycles. The first-order valence-electron chi connectivity index (χ1n) is 6.93. The second-order valence-corrected chi connectivity index (χ2v) is 5.28. The molecular weight excluding hydrogens is 206 g/mol. The van der Waals surface area contributed by atoms with Gasteiger partial charge in [0.25, 0.3) is 0 Å². The lowest BCUT2D eigenvalue weighted by molar-refractivity contribution is 0.121. The lowest BCUT2D eigenvalue weighted by atomic mass is 9.86. The maximum absolute atomic E-state index is 2.66. The smallest absolute Gasteiger partial charge is 0.0310 e. The Morgan fingerprint density at radius 3 is 2.53 bits per heavy atom. The first kappa shape index (κ1) is 11.0. The molecule has 3 rings (SSSR count). The van der Waals surface area contributed by atoms with Gasteiger partial charge in [-0.25, -0.2) is 0 Å². The van der Waals surface area contributed by atoms with Crippen molar-refractivity contribution in [3.8, 4) is 0 Å². The number of nitrogens with zero attached hydrogens (tertiary/aromatic N) is 1. The van der Waals surface area contributed by atoms with Crippen LogP contribution >= 0.6 is 0 Å². The van der Waals surface area contributed by atoms with Gasteiger partial charge in [0, 0.05) is 6.04 Å². The Labute approximate surface area is 104 Å². The molecule has 2 fully saturated rings. The molecule has 0 N–H and O–H groups in total. The van der Waals surface area contributed by atoms with Crippen LogP contribution in [0.5, 0.6) is 0 Å². The van der Waals surface area contributed by atoms with Gasteiger partial charge in [-0.1, -0.05) is 48.4 Å². The van der Waals surface area contributed by atoms with Crippen molar-refractivity contribution in [3.05, 3.63) is 41.5 Å². The summed E-state index contributed by atoms with van der Waals surface area (Å²) < 4.78 is 0. The molecule has 1 atom stereocenters. The molecule has 0 spiro atoms. The van der Waals surface area contributed by atoms with Crippen LogP contribution in [0.3, 0.4) is 0 Å². The highest BCUT2D eigenvalue weighted by molar-refractivity contribution is 5.54. The van der Waals surface area contributed by atoms with Crippen LogP contribution in [-0.2, 0) is 0 Å². The second-order valence-electron chi connectivity index (χ2n) is 5.28. The third kappa shape index (κ3) is 2.44. The van der Waals surface area contributed by atoms with Crippen molar-refractivity contribution in [2.45, 2.75) is 38.1 Å². The summed E-state index contributed by atoms with van der Waals surface area (Å²) in [5, 5.41) is 0. The number of likely N-dealkylation sites (tertiary alicyclic amines) is 1. The van der Waals surface area contributed by atoms with Crippen molar-refractivity contribution in [3.63, 3.8) is 0 Å². The van der Waals surface area contributed by atoms with Crippen LogP contribution in [0.25, 0.3) is 6.08 Å². The average molecular weight is 227 g/mol. The van der Waals surface area contributed by atoms with E-state index < -0.39 is 0 Å². The molecule has 0 bridgehead atoms. The van der Waals surface area contributed by atoms with Crippen molar-refractivity contribution in [2.24, 2.45) is 0 Å². The van der Waals surface area contributed by atoms with E-state index in [1.807, 2.05) is 0 Å². The summed E-state index contributed by atoms with van der Waals surface area (Å²) in [6.07, 6.45) is 9.29. The molecule has 0 aromatic heterocycles. The molecule has 17 heavy (non-hydrogen) atoms. The normalized spacial score (nSPS) is 28.0. The molecule has 2 aliphatic rings. The third-order valence-electron chi connectivity index (χ3n) is 4.10. The molecule has 1 aromatic rings. The molecule has 1 saturated heterocycles. The topological polar surface area (TPSA) is 3.24 Å². The predicted octanol–water partition coefficient (Wildman–Crippen LogP) is 3.72. The van der Waals surface area contributed by atoms with E-state index in [-0.39, 0.29) is 0 Å². The monoisotopic (exact) mass is 227 g/mol. The Hall–Kier alpha value is -1.08. The van der Waals surface area contributed by atoms with Gasteiger partial charge in [0.1, 0.15) is 0 Å². The van der Waals surface area contributed by atoms with Crippen molar-refractivity contribution in [1.29, 1.82) is 0 Å². The fraction of sp³-hybridized carbons (Fsp3) is 0.500. The Balaban J connectivity index is 1.80. The molecule has 0 radical (unpaired) electrons. The fourth-order valence-electron chi connectivity index (χ4n) is 3.02. The molecule has 1 heteroatoms. The van der Waals surface area contributed by atoms with Crippen molar-refractivity contribution >= 4 is 6.08 Å². The highest BCUT2D eigenvalue weighted by Gasteiger charge is 2.28. The van der Waals surface area contributed by atoms with Crippen molar-refractivity contribution < 1.29 is 0 Å². The van der Waals surface area contributed by atoms with Crippen LogP contribution in [0.1, 0.15) is 37.7 Å². The van der Waals surface area contributed by atoms with E-state index >= 15 is 0 Å². The molecule has 1 aliphatic heterocycles. The molecule has 90 valence electrons. The van der Waals surface area contributed by atoms with Crippen LogP contribution < -0.4 is 0 Å². The van der Waals surface area contributed by atoms with E-state index in [1.54, 1.807) is 5.57 Å². The Morgan fingerprint density at radius 1 is 1.00 bits per heavy atom. The largest absolute Gasteiger partial charge is 0.297 e. The van der Waals surface area contributed by atoms with Gasteiger partial charge in [0.05, 0.1) is 0 Å². The first-order valence-corrected chi connectivity index (χ1v) is 6.93. The summed E-state index contributed by atoms with van der Waals surface area (Å²) in [7, 11) is 0. The standard InChI is InChI=1S/C16H21N/c1-2-7-14(8-3-1)13-15-9-4-5-10-16(15)17-11-6-12-17/h1-3,7-8,13,16H,4-6,9-12H2/b15-13-. The Kier molecular flexibility index (Phi) is 3.28. The zero-order valence-corrected chi connectivity index (χ0v) is 10.4. The molecule has 1 unspecified atom stereocenters. The molecule has 1 saturated carbocycles. The fourth-order valence-corrected chi connectivity index (χ4v) is 3.02. The first-order chi connectivity index (χ1) is 8.43. The van der Waals surface area contributed by atoms with Gasteiger partial charge in [-0.15, -0.1) is 0 Å². The number of rotatable bonds is 2. The van der Waals surface area contributed by atoms with Crippen LogP contribution in [0.15, 0.2) is 35.9 Å². The van der Waals surface area contributed by atoms with Crippen LogP contribution in [-0.4, -0.2) is 24.0 Å². The zero-order chi connectivity index (χ0) is 11.5. The van der Waals surface area contributed by atoms with E-state index in [2.05, 4.69) is 41.3 Å². The van der Waals surface area contributed by atoms with Gasteiger partial charge in [-0.3, -0.25) is 4.90 Å². The second kappa shape index (κ2) is 5.05. The Morgan fingerprint density at radius 2 is 1.82 bits per heavy atom. The van der Waals surface area contributed by atoms with Gasteiger partial charge in [-0.2, -0.15) is 0 Å². The maximum Gasteiger partial charge on any atom is 0.0310 e. The van der Waals surface area contributed by atoms with Gasteiger partial charge < -0.3 is 0 Å². The van der Waals surface area contributed by atoms with Crippen molar-refractivity contribution in [1.82, 2.24) is 4.90 Å². The SMILES string of the molecule is C(=C1\CCCCC1N1CCC1)/c1ccccc1. The lowest BCUT2D eigenvalue weighted by Gasteiger charge is -2.42. The molecule has 1 aliphatic carbocycles. The summed E-state index contributed by atoms with van der Waals surface area (Å²) >= 11 is 0. The summed E-state index contributed by atoms with van der Waals surface area (Å²) in [6, 6.07) is 11.5. The minimum Gasteiger partial charge on any atom is -0.297 e. The van der Waals surface area contributed by atoms with E-state index in [0.29, 0.717) is 0 Å². The maximum atomic E-state index is 2.66. The Bertz CT molecular complexity index is 389. The van der Waals surface area contributed by atoms with Crippen LogP contribution in [0, 0.1) is 0 Å². The highest BCUT2D eigenvalue weighted by atomic mass is 15.2. The summed E-state index contributed by atoms with van der Waals surface area (Å²) in [4.78, 5) is 2.66. The van der Waals surface area contributed by atoms with E-state index in [4.69, 9.17) is 0 Å². The minimum atomic E-state index is 0.748. The quantitative estimate of drug-likeness (QED) is 0.744. The van der Waals surface area contributed by atoms with Gasteiger partial charge in [-0.05, 0) is 44.3 Å². The van der Waals surface area contributed by atoms with E-state index in [0.717, 1.165) is 6.04 Å². The highest BCUT2D eigenvalue weighted by Crippen LogP contribution is 2.31. The van der Waals surface area contributed by atoms with Gasteiger partial charge >= 0.3 is 0 Å². The van der Waals surface area contributed by atoms with Crippen LogP contribution in [0.2, 0.25) is 0 Å². The summed E-state index contributed by atoms with van der Waals surface area (Å²) in [5.41, 5.74) is 3.04. The predicted molar refractivity (Wildman–Crippen MR) is 72.9 cm³/mol. The molecule has 1 nitrogen and oxygen atoms in total. The number of hydrogen-bond donors (Lipinski definition) is 0. The number of hydrogen-bond acceptors (Lipinski definition) is 1. The molecular formula is C16H21N. The lowest BCUT2D eigenvalue weighted by Crippen LogP contribution is -2.46. The van der Waals surface area contributed by atoms with Crippen molar-refractivity contribution in [2.75, 3.05) is 13.1 Å².